The van der Waals surface area contributed by atoms with Crippen molar-refractivity contribution in [1.82, 2.24) is 10.3 Å². The molecule has 0 bridgehead atoms. The van der Waals surface area contributed by atoms with Crippen LogP contribution in [0.5, 0.6) is 5.75 Å². The highest BCUT2D eigenvalue weighted by Gasteiger charge is 2.14. The van der Waals surface area contributed by atoms with Crippen molar-refractivity contribution in [2.75, 3.05) is 11.9 Å². The number of pyridine rings is 1. The molecule has 0 aliphatic rings. The van der Waals surface area contributed by atoms with Crippen LogP contribution in [-0.4, -0.2) is 29.4 Å². The molecule has 0 spiro atoms. The molecule has 2 amide bonds. The van der Waals surface area contributed by atoms with E-state index >= 15 is 0 Å². The largest absolute Gasteiger partial charge is 0.490 e. The van der Waals surface area contributed by atoms with Crippen LogP contribution in [0.1, 0.15) is 24.2 Å². The second kappa shape index (κ2) is 7.93. The van der Waals surface area contributed by atoms with Crippen molar-refractivity contribution in [1.29, 1.82) is 0 Å². The van der Waals surface area contributed by atoms with Crippen LogP contribution in [-0.2, 0) is 4.79 Å². The second-order valence-electron chi connectivity index (χ2n) is 5.14. The summed E-state index contributed by atoms with van der Waals surface area (Å²) < 4.78 is 5.60. The zero-order valence-electron chi connectivity index (χ0n) is 13.1. The summed E-state index contributed by atoms with van der Waals surface area (Å²) in [6, 6.07) is 10.4. The van der Waals surface area contributed by atoms with Gasteiger partial charge in [0, 0.05) is 6.20 Å². The lowest BCUT2D eigenvalue weighted by Gasteiger charge is -2.14. The van der Waals surface area contributed by atoms with Crippen LogP contribution in [0.3, 0.4) is 0 Å². The van der Waals surface area contributed by atoms with Gasteiger partial charge in [0.25, 0.3) is 5.91 Å². The normalized spacial score (nSPS) is 10.2. The van der Waals surface area contributed by atoms with E-state index in [9.17, 15) is 9.59 Å². The lowest BCUT2D eigenvalue weighted by atomic mass is 10.2. The molecule has 0 radical (unpaired) electrons. The van der Waals surface area contributed by atoms with Crippen LogP contribution in [0.15, 0.2) is 48.8 Å². The van der Waals surface area contributed by atoms with Gasteiger partial charge >= 0.3 is 0 Å². The molecule has 6 heteroatoms. The highest BCUT2D eigenvalue weighted by molar-refractivity contribution is 6.00. The lowest BCUT2D eigenvalue weighted by molar-refractivity contribution is -0.115. The quantitative estimate of drug-likeness (QED) is 0.857. The summed E-state index contributed by atoms with van der Waals surface area (Å²) in [6.45, 7) is 3.63. The van der Waals surface area contributed by atoms with Gasteiger partial charge in [0.2, 0.25) is 5.91 Å². The van der Waals surface area contributed by atoms with Crippen molar-refractivity contribution in [2.24, 2.45) is 0 Å². The Morgan fingerprint density at radius 3 is 2.65 bits per heavy atom. The van der Waals surface area contributed by atoms with Gasteiger partial charge in [-0.2, -0.15) is 0 Å². The van der Waals surface area contributed by atoms with Gasteiger partial charge in [-0.3, -0.25) is 14.6 Å². The summed E-state index contributed by atoms with van der Waals surface area (Å²) in [5, 5.41) is 5.23. The zero-order chi connectivity index (χ0) is 16.7. The van der Waals surface area contributed by atoms with Gasteiger partial charge in [0.05, 0.1) is 30.1 Å². The van der Waals surface area contributed by atoms with Crippen LogP contribution in [0, 0.1) is 0 Å². The number of nitrogens with zero attached hydrogens (tertiary/aromatic N) is 1. The zero-order valence-corrected chi connectivity index (χ0v) is 13.1. The fourth-order valence-electron chi connectivity index (χ4n) is 1.91. The third-order valence-electron chi connectivity index (χ3n) is 2.85. The number of benzene rings is 1. The minimum Gasteiger partial charge on any atom is -0.490 e. The maximum atomic E-state index is 12.2. The molecule has 0 saturated heterocycles. The third kappa shape index (κ3) is 5.10. The number of aromatic nitrogens is 1. The molecular formula is C17H19N3O3. The molecule has 1 aromatic carbocycles. The molecule has 6 nitrogen and oxygen atoms in total. The van der Waals surface area contributed by atoms with Gasteiger partial charge in [0.1, 0.15) is 5.75 Å². The maximum Gasteiger partial charge on any atom is 0.255 e. The Morgan fingerprint density at radius 1 is 1.17 bits per heavy atom. The van der Waals surface area contributed by atoms with Crippen LogP contribution < -0.4 is 15.4 Å². The number of para-hydroxylation sites is 1. The number of anilines is 1. The van der Waals surface area contributed by atoms with Crippen molar-refractivity contribution < 1.29 is 14.3 Å². The Balaban J connectivity index is 1.93. The molecule has 2 aromatic rings. The van der Waals surface area contributed by atoms with Crippen molar-refractivity contribution in [2.45, 2.75) is 20.0 Å². The molecule has 0 atom stereocenters. The van der Waals surface area contributed by atoms with Crippen LogP contribution in [0.4, 0.5) is 5.69 Å². The number of ether oxygens (including phenoxy) is 1. The first-order valence-corrected chi connectivity index (χ1v) is 7.30. The fourth-order valence-corrected chi connectivity index (χ4v) is 1.91. The average molecular weight is 313 g/mol. The van der Waals surface area contributed by atoms with Gasteiger partial charge in [-0.25, -0.2) is 0 Å². The molecule has 1 heterocycles. The third-order valence-corrected chi connectivity index (χ3v) is 2.85. The monoisotopic (exact) mass is 313 g/mol. The molecule has 0 unspecified atom stereocenters. The first-order valence-electron chi connectivity index (χ1n) is 7.30. The smallest absolute Gasteiger partial charge is 0.255 e. The van der Waals surface area contributed by atoms with Crippen molar-refractivity contribution in [3.63, 3.8) is 0 Å². The number of rotatable bonds is 6. The van der Waals surface area contributed by atoms with Gasteiger partial charge in [0.15, 0.2) is 0 Å². The van der Waals surface area contributed by atoms with E-state index < -0.39 is 0 Å². The molecule has 0 saturated carbocycles. The highest BCUT2D eigenvalue weighted by atomic mass is 16.5. The Labute approximate surface area is 134 Å². The predicted molar refractivity (Wildman–Crippen MR) is 87.4 cm³/mol. The van der Waals surface area contributed by atoms with Crippen molar-refractivity contribution >= 4 is 17.5 Å². The number of carbonyl (C=O) groups is 2. The molecular weight excluding hydrogens is 294 g/mol. The fraction of sp³-hybridized carbons (Fsp3) is 0.235. The van der Waals surface area contributed by atoms with E-state index in [1.54, 1.807) is 42.6 Å². The molecule has 120 valence electrons. The summed E-state index contributed by atoms with van der Waals surface area (Å²) >= 11 is 0. The summed E-state index contributed by atoms with van der Waals surface area (Å²) in [7, 11) is 0. The molecule has 0 aliphatic carbocycles. The summed E-state index contributed by atoms with van der Waals surface area (Å²) in [5.41, 5.74) is 0.977. The minimum atomic E-state index is -0.359. The van der Waals surface area contributed by atoms with Crippen LogP contribution >= 0.6 is 0 Å². The van der Waals surface area contributed by atoms with E-state index in [0.717, 1.165) is 0 Å². The topological polar surface area (TPSA) is 80.3 Å². The van der Waals surface area contributed by atoms with Gasteiger partial charge < -0.3 is 15.4 Å². The Bertz CT molecular complexity index is 672. The van der Waals surface area contributed by atoms with E-state index in [4.69, 9.17) is 4.74 Å². The lowest BCUT2D eigenvalue weighted by Crippen LogP contribution is -2.33. The maximum absolute atomic E-state index is 12.2. The van der Waals surface area contributed by atoms with E-state index in [1.165, 1.54) is 6.20 Å². The highest BCUT2D eigenvalue weighted by Crippen LogP contribution is 2.19. The number of nitrogens with one attached hydrogen (secondary N) is 2. The van der Waals surface area contributed by atoms with E-state index in [1.807, 2.05) is 13.8 Å². The standard InChI is InChI=1S/C17H19N3O3/c1-12(2)23-15-8-4-3-7-14(15)17(22)19-11-16(21)20-13-6-5-9-18-10-13/h3-10,12H,11H2,1-2H3,(H,19,22)(H,20,21). The Hall–Kier alpha value is -2.89. The Morgan fingerprint density at radius 2 is 1.96 bits per heavy atom. The molecule has 1 aromatic heterocycles. The molecule has 2 rings (SSSR count). The second-order valence-corrected chi connectivity index (χ2v) is 5.14. The number of carbonyl (C=O) groups excluding carboxylic acids is 2. The first kappa shape index (κ1) is 16.5. The van der Waals surface area contributed by atoms with E-state index in [-0.39, 0.29) is 24.5 Å². The predicted octanol–water partition coefficient (Wildman–Crippen LogP) is 2.24. The van der Waals surface area contributed by atoms with Crippen molar-refractivity contribution in [3.8, 4) is 5.75 Å². The summed E-state index contributed by atoms with van der Waals surface area (Å²) in [5.74, 6) is -0.191. The number of hydrogen-bond donors (Lipinski definition) is 2. The molecule has 0 aliphatic heterocycles. The first-order chi connectivity index (χ1) is 11.1. The molecule has 23 heavy (non-hydrogen) atoms. The van der Waals surface area contributed by atoms with Crippen LogP contribution in [0.2, 0.25) is 0 Å². The molecule has 0 fully saturated rings. The number of hydrogen-bond acceptors (Lipinski definition) is 4. The summed E-state index contributed by atoms with van der Waals surface area (Å²) in [6.07, 6.45) is 3.10. The van der Waals surface area contributed by atoms with Gasteiger partial charge in [-0.05, 0) is 38.1 Å². The Kier molecular flexibility index (Phi) is 5.68. The van der Waals surface area contributed by atoms with Gasteiger partial charge in [-0.1, -0.05) is 12.1 Å². The average Bonchev–Trinajstić information content (AvgIpc) is 2.53. The van der Waals surface area contributed by atoms with E-state index in [2.05, 4.69) is 15.6 Å². The minimum absolute atomic E-state index is 0.0437. The van der Waals surface area contributed by atoms with E-state index in [0.29, 0.717) is 17.0 Å². The van der Waals surface area contributed by atoms with Crippen LogP contribution in [0.25, 0.3) is 0 Å². The SMILES string of the molecule is CC(C)Oc1ccccc1C(=O)NCC(=O)Nc1cccnc1. The summed E-state index contributed by atoms with van der Waals surface area (Å²) in [4.78, 5) is 27.9. The number of amides is 2. The van der Waals surface area contributed by atoms with Gasteiger partial charge in [-0.15, -0.1) is 0 Å². The van der Waals surface area contributed by atoms with Crippen molar-refractivity contribution in [3.05, 3.63) is 54.4 Å². The molecule has 2 N–H and O–H groups in total.